The zero-order valence-corrected chi connectivity index (χ0v) is 15.1. The van der Waals surface area contributed by atoms with Gasteiger partial charge in [0.15, 0.2) is 11.6 Å². The topological polar surface area (TPSA) is 41.6 Å². The third-order valence-electron chi connectivity index (χ3n) is 3.82. The summed E-state index contributed by atoms with van der Waals surface area (Å²) in [6.07, 6.45) is 0. The number of methoxy groups -OCH3 is 1. The fourth-order valence-corrected chi connectivity index (χ4v) is 2.67. The summed E-state index contributed by atoms with van der Waals surface area (Å²) in [5.74, 6) is -0.275. The molecule has 4 nitrogen and oxygen atoms in total. The number of ether oxygens (including phenoxy) is 1. The minimum Gasteiger partial charge on any atom is -0.494 e. The molecule has 0 unspecified atom stereocenters. The van der Waals surface area contributed by atoms with Crippen LogP contribution in [0.2, 0.25) is 5.02 Å². The van der Waals surface area contributed by atoms with E-state index < -0.39 is 5.82 Å². The van der Waals surface area contributed by atoms with Gasteiger partial charge in [-0.05, 0) is 41.9 Å². The largest absolute Gasteiger partial charge is 0.494 e. The first kappa shape index (κ1) is 19.2. The van der Waals surface area contributed by atoms with Gasteiger partial charge in [-0.1, -0.05) is 36.7 Å². The predicted octanol–water partition coefficient (Wildman–Crippen LogP) is 3.63. The highest BCUT2D eigenvalue weighted by atomic mass is 35.5. The summed E-state index contributed by atoms with van der Waals surface area (Å²) in [7, 11) is 1.43. The minimum atomic E-state index is -0.401. The highest BCUT2D eigenvalue weighted by Gasteiger charge is 2.11. The number of amides is 1. The molecule has 0 saturated carbocycles. The predicted molar refractivity (Wildman–Crippen MR) is 97.2 cm³/mol. The van der Waals surface area contributed by atoms with Crippen LogP contribution in [0.5, 0.6) is 5.75 Å². The molecule has 2 rings (SSSR count). The maximum atomic E-state index is 13.8. The maximum Gasteiger partial charge on any atom is 0.234 e. The van der Waals surface area contributed by atoms with Crippen LogP contribution in [0.3, 0.4) is 0 Å². The second-order valence-electron chi connectivity index (χ2n) is 5.68. The van der Waals surface area contributed by atoms with Crippen molar-refractivity contribution in [3.63, 3.8) is 0 Å². The normalized spacial score (nSPS) is 10.8. The summed E-state index contributed by atoms with van der Waals surface area (Å²) >= 11 is 5.93. The first-order valence-corrected chi connectivity index (χ1v) is 8.45. The molecule has 1 N–H and O–H groups in total. The lowest BCUT2D eigenvalue weighted by Crippen LogP contribution is -2.36. The number of benzene rings is 2. The summed E-state index contributed by atoms with van der Waals surface area (Å²) in [5.41, 5.74) is 1.74. The van der Waals surface area contributed by atoms with E-state index in [-0.39, 0.29) is 18.2 Å². The van der Waals surface area contributed by atoms with E-state index in [2.05, 4.69) is 5.32 Å². The molecule has 0 bridgehead atoms. The number of carbonyl (C=O) groups excluding carboxylic acids is 1. The quantitative estimate of drug-likeness (QED) is 0.777. The van der Waals surface area contributed by atoms with Gasteiger partial charge in [-0.2, -0.15) is 0 Å². The fourth-order valence-electron chi connectivity index (χ4n) is 2.45. The average Bonchev–Trinajstić information content (AvgIpc) is 2.59. The lowest BCUT2D eigenvalue weighted by molar-refractivity contribution is -0.122. The van der Waals surface area contributed by atoms with E-state index >= 15 is 0 Å². The third kappa shape index (κ3) is 6.03. The van der Waals surface area contributed by atoms with Crippen LogP contribution in [-0.4, -0.2) is 31.0 Å². The van der Waals surface area contributed by atoms with Crippen molar-refractivity contribution in [3.8, 4) is 5.75 Å². The maximum absolute atomic E-state index is 13.8. The van der Waals surface area contributed by atoms with Gasteiger partial charge in [-0.25, -0.2) is 4.39 Å². The minimum absolute atomic E-state index is 0.0872. The van der Waals surface area contributed by atoms with Crippen molar-refractivity contribution in [2.24, 2.45) is 0 Å². The summed E-state index contributed by atoms with van der Waals surface area (Å²) in [4.78, 5) is 14.1. The Kier molecular flexibility index (Phi) is 7.22. The Morgan fingerprint density at radius 1 is 1.24 bits per heavy atom. The summed E-state index contributed by atoms with van der Waals surface area (Å²) in [6, 6.07) is 12.2. The fraction of sp³-hybridized carbons (Fsp3) is 0.316. The van der Waals surface area contributed by atoms with E-state index in [4.69, 9.17) is 16.3 Å². The smallest absolute Gasteiger partial charge is 0.234 e. The van der Waals surface area contributed by atoms with E-state index in [0.29, 0.717) is 24.7 Å². The SMILES string of the molecule is CCN(CC(=O)NCc1cccc(Cl)c1)Cc1ccc(OC)c(F)c1. The number of rotatable bonds is 8. The standard InChI is InChI=1S/C19H22ClFN2O2/c1-3-23(12-15-7-8-18(25-2)17(21)10-15)13-19(24)22-11-14-5-4-6-16(20)9-14/h4-10H,3,11-13H2,1-2H3,(H,22,24). The van der Waals surface area contributed by atoms with E-state index in [9.17, 15) is 9.18 Å². The molecular formula is C19H22ClFN2O2. The molecular weight excluding hydrogens is 343 g/mol. The van der Waals surface area contributed by atoms with E-state index in [0.717, 1.165) is 11.1 Å². The molecule has 0 radical (unpaired) electrons. The molecule has 0 fully saturated rings. The van der Waals surface area contributed by atoms with Crippen LogP contribution in [-0.2, 0) is 17.9 Å². The Morgan fingerprint density at radius 3 is 2.68 bits per heavy atom. The molecule has 0 spiro atoms. The van der Waals surface area contributed by atoms with Crippen LogP contribution in [0.4, 0.5) is 4.39 Å². The van der Waals surface area contributed by atoms with Crippen LogP contribution < -0.4 is 10.1 Å². The van der Waals surface area contributed by atoms with Crippen molar-refractivity contribution in [3.05, 3.63) is 64.4 Å². The van der Waals surface area contributed by atoms with Crippen LogP contribution in [0.25, 0.3) is 0 Å². The Balaban J connectivity index is 1.88. The first-order chi connectivity index (χ1) is 12.0. The highest BCUT2D eigenvalue weighted by molar-refractivity contribution is 6.30. The Labute approximate surface area is 152 Å². The van der Waals surface area contributed by atoms with Crippen LogP contribution in [0, 0.1) is 5.82 Å². The molecule has 0 aliphatic carbocycles. The average molecular weight is 365 g/mol. The number of halogens is 2. The van der Waals surface area contributed by atoms with Gasteiger partial charge in [-0.3, -0.25) is 9.69 Å². The van der Waals surface area contributed by atoms with Crippen LogP contribution in [0.15, 0.2) is 42.5 Å². The molecule has 0 heterocycles. The van der Waals surface area contributed by atoms with Gasteiger partial charge in [0.1, 0.15) is 0 Å². The second kappa shape index (κ2) is 9.39. The Morgan fingerprint density at radius 2 is 2.04 bits per heavy atom. The number of nitrogens with zero attached hydrogens (tertiary/aromatic N) is 1. The zero-order chi connectivity index (χ0) is 18.2. The monoisotopic (exact) mass is 364 g/mol. The Hall–Kier alpha value is -2.11. The zero-order valence-electron chi connectivity index (χ0n) is 14.4. The molecule has 0 aliphatic rings. The number of hydrogen-bond donors (Lipinski definition) is 1. The van der Waals surface area contributed by atoms with Crippen molar-refractivity contribution in [2.45, 2.75) is 20.0 Å². The number of nitrogens with one attached hydrogen (secondary N) is 1. The molecule has 2 aromatic carbocycles. The van der Waals surface area contributed by atoms with Gasteiger partial charge >= 0.3 is 0 Å². The van der Waals surface area contributed by atoms with E-state index in [1.165, 1.54) is 13.2 Å². The summed E-state index contributed by atoms with van der Waals surface area (Å²) in [6.45, 7) is 3.79. The van der Waals surface area contributed by atoms with Crippen molar-refractivity contribution < 1.29 is 13.9 Å². The van der Waals surface area contributed by atoms with Gasteiger partial charge < -0.3 is 10.1 Å². The van der Waals surface area contributed by atoms with Gasteiger partial charge in [0, 0.05) is 18.1 Å². The molecule has 6 heteroatoms. The molecule has 134 valence electrons. The van der Waals surface area contributed by atoms with E-state index in [1.807, 2.05) is 30.0 Å². The molecule has 2 aromatic rings. The molecule has 0 atom stereocenters. The third-order valence-corrected chi connectivity index (χ3v) is 4.05. The van der Waals surface area contributed by atoms with Crippen LogP contribution in [0.1, 0.15) is 18.1 Å². The number of carbonyl (C=O) groups is 1. The molecule has 1 amide bonds. The number of likely N-dealkylation sites (N-methyl/N-ethyl adjacent to an activating group) is 1. The van der Waals surface area contributed by atoms with Crippen LogP contribution >= 0.6 is 11.6 Å². The first-order valence-electron chi connectivity index (χ1n) is 8.07. The molecule has 0 aliphatic heterocycles. The lowest BCUT2D eigenvalue weighted by atomic mass is 10.2. The van der Waals surface area contributed by atoms with E-state index in [1.54, 1.807) is 18.2 Å². The second-order valence-corrected chi connectivity index (χ2v) is 6.12. The summed E-state index contributed by atoms with van der Waals surface area (Å²) < 4.78 is 18.7. The highest BCUT2D eigenvalue weighted by Crippen LogP contribution is 2.18. The number of hydrogen-bond acceptors (Lipinski definition) is 3. The van der Waals surface area contributed by atoms with Crippen molar-refractivity contribution in [1.82, 2.24) is 10.2 Å². The molecule has 0 aromatic heterocycles. The lowest BCUT2D eigenvalue weighted by Gasteiger charge is -2.20. The van der Waals surface area contributed by atoms with Crippen molar-refractivity contribution >= 4 is 17.5 Å². The summed E-state index contributed by atoms with van der Waals surface area (Å²) in [5, 5.41) is 3.52. The molecule has 25 heavy (non-hydrogen) atoms. The van der Waals surface area contributed by atoms with Crippen molar-refractivity contribution in [2.75, 3.05) is 20.2 Å². The Bertz CT molecular complexity index is 724. The van der Waals surface area contributed by atoms with Gasteiger partial charge in [-0.15, -0.1) is 0 Å². The van der Waals surface area contributed by atoms with Crippen molar-refractivity contribution in [1.29, 1.82) is 0 Å². The van der Waals surface area contributed by atoms with Gasteiger partial charge in [0.25, 0.3) is 0 Å². The molecule has 0 saturated heterocycles. The van der Waals surface area contributed by atoms with Gasteiger partial charge in [0.2, 0.25) is 5.91 Å². The van der Waals surface area contributed by atoms with Gasteiger partial charge in [0.05, 0.1) is 13.7 Å².